The smallest absolute Gasteiger partial charge is 0.462 e. The second-order valence-electron chi connectivity index (χ2n) is 24.9. The molecule has 0 aliphatic carbocycles. The van der Waals surface area contributed by atoms with E-state index in [9.17, 15) is 43.2 Å². The molecule has 19 heteroatoms. The molecule has 0 heterocycles. The first-order chi connectivity index (χ1) is 45.7. The molecule has 0 saturated heterocycles. The summed E-state index contributed by atoms with van der Waals surface area (Å²) in [4.78, 5) is 72.7. The van der Waals surface area contributed by atoms with Gasteiger partial charge in [-0.25, -0.2) is 9.13 Å². The minimum atomic E-state index is -4.97. The van der Waals surface area contributed by atoms with E-state index < -0.39 is 97.5 Å². The number of unbranched alkanes of at least 4 members (excludes halogenated alkanes) is 32. The van der Waals surface area contributed by atoms with E-state index in [1.165, 1.54) is 89.9 Å². The number of allylic oxidation sites excluding steroid dienone is 12. The Morgan fingerprint density at radius 2 is 0.564 bits per heavy atom. The molecule has 0 aromatic carbocycles. The van der Waals surface area contributed by atoms with Gasteiger partial charge in [-0.15, -0.1) is 0 Å². The number of aliphatic hydroxyl groups excluding tert-OH is 1. The van der Waals surface area contributed by atoms with Gasteiger partial charge in [-0.3, -0.25) is 37.3 Å². The second-order valence-corrected chi connectivity index (χ2v) is 27.8. The third-order valence-corrected chi connectivity index (χ3v) is 17.6. The molecular formula is C75H134O17P2. The number of carbonyl (C=O) groups excluding carboxylic acids is 4. The highest BCUT2D eigenvalue weighted by Gasteiger charge is 2.30. The van der Waals surface area contributed by atoms with Crippen LogP contribution in [0.1, 0.15) is 323 Å². The van der Waals surface area contributed by atoms with E-state index in [1.54, 1.807) is 0 Å². The summed E-state index contributed by atoms with van der Waals surface area (Å²) in [5.74, 6) is -2.20. The van der Waals surface area contributed by atoms with Crippen molar-refractivity contribution in [2.24, 2.45) is 0 Å². The monoisotopic (exact) mass is 1370 g/mol. The summed E-state index contributed by atoms with van der Waals surface area (Å²) in [6.07, 6.45) is 66.1. The Kier molecular flexibility index (Phi) is 65.5. The number of aliphatic hydroxyl groups is 1. The Labute approximate surface area is 571 Å². The van der Waals surface area contributed by atoms with Crippen LogP contribution in [0, 0.1) is 0 Å². The van der Waals surface area contributed by atoms with Gasteiger partial charge in [0, 0.05) is 25.7 Å². The van der Waals surface area contributed by atoms with E-state index in [1.807, 2.05) is 0 Å². The first-order valence-electron chi connectivity index (χ1n) is 37.2. The van der Waals surface area contributed by atoms with Crippen molar-refractivity contribution in [3.05, 3.63) is 72.9 Å². The van der Waals surface area contributed by atoms with Crippen molar-refractivity contribution < 1.29 is 80.2 Å². The first-order valence-corrected chi connectivity index (χ1v) is 40.2. The third-order valence-electron chi connectivity index (χ3n) is 15.7. The summed E-state index contributed by atoms with van der Waals surface area (Å²) in [7, 11) is -9.94. The Morgan fingerprint density at radius 1 is 0.309 bits per heavy atom. The molecule has 0 amide bonds. The maximum atomic E-state index is 13.1. The molecule has 17 nitrogen and oxygen atoms in total. The maximum absolute atomic E-state index is 13.1. The van der Waals surface area contributed by atoms with Crippen LogP contribution in [0.5, 0.6) is 0 Å². The van der Waals surface area contributed by atoms with Crippen LogP contribution in [-0.4, -0.2) is 96.7 Å². The standard InChI is InChI=1S/C75H134O17P2/c1-5-9-13-17-21-25-29-32-34-37-41-44-48-52-56-60-73(78)86-66-71(92-75(80)62-58-54-50-46-42-38-35-33-30-26-22-18-14-10-6-2)68-90-94(83,84)88-64-69(76)63-87-93(81,82)89-67-70(91-74(79)61-57-53-49-45-39-28-24-20-16-12-8-4)65-85-72(77)59-55-51-47-43-40-36-31-27-23-19-15-11-7-3/h9,13,20-22,24-26,32-35,69-71,76H,5-8,10-12,14-19,23,27-31,36-68H2,1-4H3,(H,81,82)(H,83,84)/b13-9-,24-20-,25-21-,26-22-,34-32-,35-33-. The number of phosphoric acid groups is 2. The lowest BCUT2D eigenvalue weighted by molar-refractivity contribution is -0.161. The number of hydrogen-bond acceptors (Lipinski definition) is 15. The van der Waals surface area contributed by atoms with E-state index in [0.717, 1.165) is 154 Å². The van der Waals surface area contributed by atoms with Crippen LogP contribution in [-0.2, 0) is 65.4 Å². The molecule has 5 unspecified atom stereocenters. The summed E-state index contributed by atoms with van der Waals surface area (Å²) in [5, 5.41) is 10.6. The molecule has 0 fully saturated rings. The van der Waals surface area contributed by atoms with Gasteiger partial charge in [0.15, 0.2) is 12.2 Å². The lowest BCUT2D eigenvalue weighted by Gasteiger charge is -2.21. The summed E-state index contributed by atoms with van der Waals surface area (Å²) in [6, 6.07) is 0. The van der Waals surface area contributed by atoms with E-state index in [0.29, 0.717) is 25.7 Å². The Hall–Kier alpha value is -3.50. The maximum Gasteiger partial charge on any atom is 0.472 e. The summed E-state index contributed by atoms with van der Waals surface area (Å²) in [5.41, 5.74) is 0. The predicted molar refractivity (Wildman–Crippen MR) is 381 cm³/mol. The average Bonchev–Trinajstić information content (AvgIpc) is 1.36. The van der Waals surface area contributed by atoms with Crippen LogP contribution in [0.4, 0.5) is 0 Å². The van der Waals surface area contributed by atoms with E-state index in [-0.39, 0.29) is 25.7 Å². The Balaban J connectivity index is 5.33. The molecule has 0 spiro atoms. The lowest BCUT2D eigenvalue weighted by atomic mass is 10.0. The van der Waals surface area contributed by atoms with Gasteiger partial charge in [0.1, 0.15) is 19.3 Å². The number of ether oxygens (including phenoxy) is 4. The predicted octanol–water partition coefficient (Wildman–Crippen LogP) is 20.9. The second kappa shape index (κ2) is 68.0. The van der Waals surface area contributed by atoms with Crippen LogP contribution in [0.25, 0.3) is 0 Å². The minimum Gasteiger partial charge on any atom is -0.462 e. The molecular weight excluding hydrogens is 1230 g/mol. The zero-order chi connectivity index (χ0) is 69.0. The van der Waals surface area contributed by atoms with E-state index >= 15 is 0 Å². The normalized spacial score (nSPS) is 14.4. The number of hydrogen-bond donors (Lipinski definition) is 3. The SMILES string of the molecule is CC/C=C\C/C=C\C/C=C\CCCCCCCC(=O)OCC(COP(=O)(O)OCC(O)COP(=O)(O)OCC(COC(=O)CCCCCCCCCCCCCCC)OC(=O)CCCCCCC/C=C\CCCC)OC(=O)CCCCCCC/C=C\C/C=C\CCCCC. The van der Waals surface area contributed by atoms with Gasteiger partial charge in [-0.05, 0) is 109 Å². The molecule has 546 valence electrons. The molecule has 0 bridgehead atoms. The number of phosphoric ester groups is 2. The number of rotatable bonds is 70. The van der Waals surface area contributed by atoms with Crippen molar-refractivity contribution in [2.75, 3.05) is 39.6 Å². The molecule has 94 heavy (non-hydrogen) atoms. The fraction of sp³-hybridized carbons (Fsp3) is 0.787. The number of carbonyl (C=O) groups is 4. The average molecular weight is 1370 g/mol. The lowest BCUT2D eigenvalue weighted by Crippen LogP contribution is -2.30. The molecule has 3 N–H and O–H groups in total. The highest BCUT2D eigenvalue weighted by atomic mass is 31.2. The molecule has 0 aromatic rings. The summed E-state index contributed by atoms with van der Waals surface area (Å²) < 4.78 is 68.3. The third kappa shape index (κ3) is 67.1. The van der Waals surface area contributed by atoms with Crippen LogP contribution < -0.4 is 0 Å². The van der Waals surface area contributed by atoms with Crippen LogP contribution in [0.3, 0.4) is 0 Å². The van der Waals surface area contributed by atoms with Crippen LogP contribution in [0.15, 0.2) is 72.9 Å². The van der Waals surface area contributed by atoms with E-state index in [4.69, 9.17) is 37.0 Å². The van der Waals surface area contributed by atoms with Crippen molar-refractivity contribution in [2.45, 2.75) is 341 Å². The van der Waals surface area contributed by atoms with Gasteiger partial charge in [-0.2, -0.15) is 0 Å². The molecule has 5 atom stereocenters. The van der Waals surface area contributed by atoms with Crippen LogP contribution in [0.2, 0.25) is 0 Å². The van der Waals surface area contributed by atoms with Gasteiger partial charge < -0.3 is 33.8 Å². The van der Waals surface area contributed by atoms with Crippen molar-refractivity contribution >= 4 is 39.5 Å². The number of esters is 4. The van der Waals surface area contributed by atoms with Crippen molar-refractivity contribution in [3.8, 4) is 0 Å². The van der Waals surface area contributed by atoms with E-state index in [2.05, 4.69) is 101 Å². The first kappa shape index (κ1) is 90.5. The van der Waals surface area contributed by atoms with Gasteiger partial charge >= 0.3 is 39.5 Å². The zero-order valence-electron chi connectivity index (χ0n) is 59.4. The zero-order valence-corrected chi connectivity index (χ0v) is 61.2. The Bertz CT molecular complexity index is 2070. The van der Waals surface area contributed by atoms with Crippen molar-refractivity contribution in [3.63, 3.8) is 0 Å². The van der Waals surface area contributed by atoms with Crippen LogP contribution >= 0.6 is 15.6 Å². The van der Waals surface area contributed by atoms with Gasteiger partial charge in [0.25, 0.3) is 0 Å². The molecule has 0 aromatic heterocycles. The molecule has 0 rings (SSSR count). The fourth-order valence-corrected chi connectivity index (χ4v) is 11.5. The Morgan fingerprint density at radius 3 is 0.915 bits per heavy atom. The molecule has 0 saturated carbocycles. The molecule has 0 radical (unpaired) electrons. The highest BCUT2D eigenvalue weighted by Crippen LogP contribution is 2.45. The quantitative estimate of drug-likeness (QED) is 0.0169. The fourth-order valence-electron chi connectivity index (χ4n) is 9.95. The minimum absolute atomic E-state index is 0.0769. The van der Waals surface area contributed by atoms with Crippen molar-refractivity contribution in [1.29, 1.82) is 0 Å². The topological polar surface area (TPSA) is 237 Å². The molecule has 0 aliphatic rings. The van der Waals surface area contributed by atoms with Gasteiger partial charge in [0.05, 0.1) is 26.4 Å². The summed E-state index contributed by atoms with van der Waals surface area (Å²) in [6.45, 7) is 4.68. The van der Waals surface area contributed by atoms with Gasteiger partial charge in [0.2, 0.25) is 0 Å². The van der Waals surface area contributed by atoms with Gasteiger partial charge in [-0.1, -0.05) is 261 Å². The van der Waals surface area contributed by atoms with Crippen molar-refractivity contribution in [1.82, 2.24) is 0 Å². The molecule has 0 aliphatic heterocycles. The highest BCUT2D eigenvalue weighted by molar-refractivity contribution is 7.47. The largest absolute Gasteiger partial charge is 0.472 e. The summed E-state index contributed by atoms with van der Waals surface area (Å²) >= 11 is 0.